The lowest BCUT2D eigenvalue weighted by Crippen LogP contribution is -2.13. The number of aromatic nitrogens is 1. The molecule has 1 aromatic heterocycles. The van der Waals surface area contributed by atoms with Crippen molar-refractivity contribution in [1.29, 1.82) is 0 Å². The Morgan fingerprint density at radius 3 is 2.94 bits per heavy atom. The molecule has 1 aromatic carbocycles. The first-order valence-corrected chi connectivity index (χ1v) is 6.75. The maximum atomic E-state index is 3.80. The maximum Gasteiger partial charge on any atom is 0.0483 e. The summed E-state index contributed by atoms with van der Waals surface area (Å²) in [6, 6.07) is 8.63. The number of hydrogen-bond acceptors (Lipinski definition) is 1. The van der Waals surface area contributed by atoms with Gasteiger partial charge in [-0.05, 0) is 31.0 Å². The molecule has 0 aliphatic carbocycles. The van der Waals surface area contributed by atoms with Crippen molar-refractivity contribution in [2.24, 2.45) is 0 Å². The van der Waals surface area contributed by atoms with Crippen LogP contribution in [0.5, 0.6) is 0 Å². The molecule has 1 N–H and O–H groups in total. The van der Waals surface area contributed by atoms with Gasteiger partial charge in [-0.3, -0.25) is 0 Å². The van der Waals surface area contributed by atoms with Crippen molar-refractivity contribution in [2.75, 3.05) is 6.54 Å². The third kappa shape index (κ3) is 2.82. The minimum atomic E-state index is 0.954. The molecule has 96 valence electrons. The van der Waals surface area contributed by atoms with Gasteiger partial charge in [0.25, 0.3) is 0 Å². The van der Waals surface area contributed by atoms with Crippen LogP contribution >= 0.6 is 0 Å². The van der Waals surface area contributed by atoms with E-state index >= 15 is 0 Å². The number of rotatable bonds is 7. The van der Waals surface area contributed by atoms with Crippen molar-refractivity contribution in [3.05, 3.63) is 48.7 Å². The average molecular weight is 242 g/mol. The van der Waals surface area contributed by atoms with Crippen LogP contribution in [0.2, 0.25) is 0 Å². The van der Waals surface area contributed by atoms with Crippen LogP contribution in [-0.4, -0.2) is 11.1 Å². The second-order valence-corrected chi connectivity index (χ2v) is 4.62. The second kappa shape index (κ2) is 6.41. The van der Waals surface area contributed by atoms with Crippen molar-refractivity contribution < 1.29 is 0 Å². The number of allylic oxidation sites excluding steroid dienone is 1. The monoisotopic (exact) mass is 242 g/mol. The van der Waals surface area contributed by atoms with E-state index < -0.39 is 0 Å². The van der Waals surface area contributed by atoms with E-state index in [1.165, 1.54) is 22.9 Å². The van der Waals surface area contributed by atoms with Crippen LogP contribution in [0.15, 0.2) is 43.1 Å². The molecular weight excluding hydrogens is 220 g/mol. The van der Waals surface area contributed by atoms with E-state index in [1.54, 1.807) is 0 Å². The molecule has 0 atom stereocenters. The lowest BCUT2D eigenvalue weighted by Gasteiger charge is -2.01. The first-order valence-electron chi connectivity index (χ1n) is 6.75. The summed E-state index contributed by atoms with van der Waals surface area (Å²) in [5, 5.41) is 4.85. The van der Waals surface area contributed by atoms with Crippen molar-refractivity contribution in [3.63, 3.8) is 0 Å². The molecule has 0 fully saturated rings. The highest BCUT2D eigenvalue weighted by Crippen LogP contribution is 2.21. The predicted molar refractivity (Wildman–Crippen MR) is 78.7 cm³/mol. The Balaban J connectivity index is 2.25. The van der Waals surface area contributed by atoms with E-state index in [2.05, 4.69) is 53.8 Å². The summed E-state index contributed by atoms with van der Waals surface area (Å²) in [4.78, 5) is 0. The summed E-state index contributed by atoms with van der Waals surface area (Å²) in [6.07, 6.45) is 6.44. The van der Waals surface area contributed by atoms with Gasteiger partial charge in [-0.25, -0.2) is 0 Å². The lowest BCUT2D eigenvalue weighted by atomic mass is 10.2. The number of fused-ring (bicyclic) bond motifs is 1. The first-order chi connectivity index (χ1) is 8.86. The highest BCUT2D eigenvalue weighted by Gasteiger charge is 2.06. The fourth-order valence-corrected chi connectivity index (χ4v) is 2.28. The SMILES string of the molecule is C=CCCn1cc(CNCCC)c2ccccc21. The van der Waals surface area contributed by atoms with Crippen LogP contribution in [0.4, 0.5) is 0 Å². The average Bonchev–Trinajstić information content (AvgIpc) is 2.76. The fourth-order valence-electron chi connectivity index (χ4n) is 2.28. The molecule has 0 unspecified atom stereocenters. The van der Waals surface area contributed by atoms with Gasteiger partial charge in [-0.15, -0.1) is 6.58 Å². The molecule has 18 heavy (non-hydrogen) atoms. The van der Waals surface area contributed by atoms with Gasteiger partial charge in [-0.2, -0.15) is 0 Å². The van der Waals surface area contributed by atoms with Gasteiger partial charge in [0.15, 0.2) is 0 Å². The molecule has 0 spiro atoms. The number of hydrogen-bond donors (Lipinski definition) is 1. The molecular formula is C16H22N2. The molecule has 0 bridgehead atoms. The van der Waals surface area contributed by atoms with Gasteiger partial charge in [0.05, 0.1) is 0 Å². The number of benzene rings is 1. The predicted octanol–water partition coefficient (Wildman–Crippen LogP) is 3.72. The van der Waals surface area contributed by atoms with Gasteiger partial charge in [0.2, 0.25) is 0 Å². The minimum Gasteiger partial charge on any atom is -0.347 e. The van der Waals surface area contributed by atoms with Gasteiger partial charge >= 0.3 is 0 Å². The standard InChI is InChI=1S/C16H22N2/c1-3-5-11-18-13-14(12-17-10-4-2)15-8-6-7-9-16(15)18/h3,6-9,13,17H,1,4-5,10-12H2,2H3. The molecule has 0 radical (unpaired) electrons. The molecule has 2 aromatic rings. The molecule has 0 amide bonds. The highest BCUT2D eigenvalue weighted by atomic mass is 15.0. The molecule has 0 aliphatic rings. The Kier molecular flexibility index (Phi) is 4.59. The zero-order valence-corrected chi connectivity index (χ0v) is 11.2. The third-order valence-electron chi connectivity index (χ3n) is 3.19. The molecule has 0 aliphatic heterocycles. The molecule has 0 saturated heterocycles. The Morgan fingerprint density at radius 1 is 1.33 bits per heavy atom. The van der Waals surface area contributed by atoms with Gasteiger partial charge in [0.1, 0.15) is 0 Å². The van der Waals surface area contributed by atoms with E-state index in [-0.39, 0.29) is 0 Å². The highest BCUT2D eigenvalue weighted by molar-refractivity contribution is 5.83. The second-order valence-electron chi connectivity index (χ2n) is 4.62. The van der Waals surface area contributed by atoms with Crippen LogP contribution < -0.4 is 5.32 Å². The van der Waals surface area contributed by atoms with E-state index in [1.807, 2.05) is 6.08 Å². The van der Waals surface area contributed by atoms with E-state index in [0.717, 1.165) is 26.1 Å². The van der Waals surface area contributed by atoms with Crippen LogP contribution in [0.1, 0.15) is 25.3 Å². The summed E-state index contributed by atoms with van der Waals surface area (Å²) < 4.78 is 2.33. The topological polar surface area (TPSA) is 17.0 Å². The molecule has 2 nitrogen and oxygen atoms in total. The summed E-state index contributed by atoms with van der Waals surface area (Å²) in [5.41, 5.74) is 2.72. The Bertz CT molecular complexity index is 511. The van der Waals surface area contributed by atoms with Crippen molar-refractivity contribution in [1.82, 2.24) is 9.88 Å². The Hall–Kier alpha value is -1.54. The van der Waals surface area contributed by atoms with Crippen molar-refractivity contribution in [3.8, 4) is 0 Å². The van der Waals surface area contributed by atoms with Crippen LogP contribution in [0, 0.1) is 0 Å². The normalized spacial score (nSPS) is 10.9. The van der Waals surface area contributed by atoms with Crippen LogP contribution in [0.3, 0.4) is 0 Å². The zero-order valence-electron chi connectivity index (χ0n) is 11.2. The first kappa shape index (κ1) is 12.9. The number of aryl methyl sites for hydroxylation is 1. The Morgan fingerprint density at radius 2 is 2.17 bits per heavy atom. The van der Waals surface area contributed by atoms with E-state index in [4.69, 9.17) is 0 Å². The third-order valence-corrected chi connectivity index (χ3v) is 3.19. The lowest BCUT2D eigenvalue weighted by molar-refractivity contribution is 0.671. The Labute approximate surface area is 109 Å². The van der Waals surface area contributed by atoms with Crippen LogP contribution in [-0.2, 0) is 13.1 Å². The molecule has 1 heterocycles. The van der Waals surface area contributed by atoms with Crippen molar-refractivity contribution >= 4 is 10.9 Å². The molecule has 2 rings (SSSR count). The summed E-state index contributed by atoms with van der Waals surface area (Å²) in [5.74, 6) is 0. The summed E-state index contributed by atoms with van der Waals surface area (Å²) in [6.45, 7) is 9.03. The van der Waals surface area contributed by atoms with E-state index in [9.17, 15) is 0 Å². The minimum absolute atomic E-state index is 0.954. The van der Waals surface area contributed by atoms with Gasteiger partial charge < -0.3 is 9.88 Å². The van der Waals surface area contributed by atoms with Crippen LogP contribution in [0.25, 0.3) is 10.9 Å². The van der Waals surface area contributed by atoms with Crippen molar-refractivity contribution in [2.45, 2.75) is 32.9 Å². The summed E-state index contributed by atoms with van der Waals surface area (Å²) in [7, 11) is 0. The number of nitrogens with one attached hydrogen (secondary N) is 1. The smallest absolute Gasteiger partial charge is 0.0483 e. The largest absolute Gasteiger partial charge is 0.347 e. The zero-order chi connectivity index (χ0) is 12.8. The quantitative estimate of drug-likeness (QED) is 0.578. The molecule has 0 saturated carbocycles. The maximum absolute atomic E-state index is 3.80. The van der Waals surface area contributed by atoms with Gasteiger partial charge in [-0.1, -0.05) is 31.2 Å². The van der Waals surface area contributed by atoms with Gasteiger partial charge in [0, 0.05) is 30.2 Å². The number of nitrogens with zero attached hydrogens (tertiary/aromatic N) is 1. The molecule has 2 heteroatoms. The number of para-hydroxylation sites is 1. The van der Waals surface area contributed by atoms with E-state index in [0.29, 0.717) is 0 Å². The summed E-state index contributed by atoms with van der Waals surface area (Å²) >= 11 is 0. The fraction of sp³-hybridized carbons (Fsp3) is 0.375.